The molecule has 1 heterocycles. The van der Waals surface area contributed by atoms with E-state index in [2.05, 4.69) is 0 Å². The number of phenols is 2. The van der Waals surface area contributed by atoms with E-state index in [9.17, 15) is 10.2 Å². The Hall–Kier alpha value is -2.81. The second-order valence-corrected chi connectivity index (χ2v) is 4.82. The molecule has 2 aromatic carbocycles. The van der Waals surface area contributed by atoms with Gasteiger partial charge in [-0.05, 0) is 41.5 Å². The van der Waals surface area contributed by atoms with E-state index in [-0.39, 0.29) is 17.4 Å². The maximum Gasteiger partial charge on any atom is 0.340 e. The summed E-state index contributed by atoms with van der Waals surface area (Å²) in [5.74, 6) is 1.17. The Morgan fingerprint density at radius 2 is 1.19 bits per heavy atom. The van der Waals surface area contributed by atoms with Crippen LogP contribution >= 0.6 is 0 Å². The molecule has 0 aliphatic rings. The van der Waals surface area contributed by atoms with Crippen LogP contribution in [-0.4, -0.2) is 10.2 Å². The number of rotatable bonds is 3. The monoisotopic (exact) mass is 279 g/mol. The van der Waals surface area contributed by atoms with Gasteiger partial charge in [-0.2, -0.15) is 0 Å². The minimum absolute atomic E-state index is 0.0904. The zero-order chi connectivity index (χ0) is 14.7. The largest absolute Gasteiger partial charge is 0.508 e. The fourth-order valence-corrected chi connectivity index (χ4v) is 2.37. The summed E-state index contributed by atoms with van der Waals surface area (Å²) < 4.78 is 5.63. The average Bonchev–Trinajstić information content (AvgIpc) is 2.52. The number of hydrogen-bond acceptors (Lipinski definition) is 2. The molecule has 3 heteroatoms. The van der Waals surface area contributed by atoms with Gasteiger partial charge in [-0.1, -0.05) is 24.3 Å². The third-order valence-electron chi connectivity index (χ3n) is 3.39. The molecule has 3 nitrogen and oxygen atoms in total. The van der Waals surface area contributed by atoms with Crippen LogP contribution in [0.25, 0.3) is 0 Å². The molecule has 0 aliphatic heterocycles. The van der Waals surface area contributed by atoms with E-state index in [1.54, 1.807) is 30.5 Å². The highest BCUT2D eigenvalue weighted by molar-refractivity contribution is 5.42. The predicted molar refractivity (Wildman–Crippen MR) is 80.3 cm³/mol. The van der Waals surface area contributed by atoms with Crippen LogP contribution in [0.2, 0.25) is 0 Å². The smallest absolute Gasteiger partial charge is 0.340 e. The normalized spacial score (nSPS) is 10.7. The molecule has 0 spiro atoms. The molecule has 0 aliphatic carbocycles. The summed E-state index contributed by atoms with van der Waals surface area (Å²) >= 11 is 0. The van der Waals surface area contributed by atoms with Crippen molar-refractivity contribution in [3.8, 4) is 11.5 Å². The molecule has 3 aromatic rings. The van der Waals surface area contributed by atoms with Crippen molar-refractivity contribution in [2.75, 3.05) is 0 Å². The summed E-state index contributed by atoms with van der Waals surface area (Å²) in [5.41, 5.74) is 2.02. The summed E-state index contributed by atoms with van der Waals surface area (Å²) in [6.07, 6.45) is 1.64. The molecule has 0 atom stereocenters. The maximum absolute atomic E-state index is 9.46. The van der Waals surface area contributed by atoms with Crippen LogP contribution in [0.1, 0.15) is 22.8 Å². The second kappa shape index (κ2) is 5.67. The first-order chi connectivity index (χ1) is 10.2. The lowest BCUT2D eigenvalue weighted by Crippen LogP contribution is -2.02. The molecule has 0 unspecified atom stereocenters. The predicted octanol–water partition coefficient (Wildman–Crippen LogP) is 4.15. The fraction of sp³-hybridized carbons (Fsp3) is 0.0556. The van der Waals surface area contributed by atoms with E-state index in [1.165, 1.54) is 0 Å². The molecule has 104 valence electrons. The first kappa shape index (κ1) is 13.2. The second-order valence-electron chi connectivity index (χ2n) is 4.82. The lowest BCUT2D eigenvalue weighted by molar-refractivity contribution is 0.471. The van der Waals surface area contributed by atoms with Crippen LogP contribution in [0.3, 0.4) is 0 Å². The highest BCUT2D eigenvalue weighted by Crippen LogP contribution is 2.33. The zero-order valence-electron chi connectivity index (χ0n) is 11.3. The van der Waals surface area contributed by atoms with Crippen molar-refractivity contribution in [3.05, 3.63) is 89.9 Å². The van der Waals surface area contributed by atoms with Crippen LogP contribution in [-0.2, 0) is 0 Å². The van der Waals surface area contributed by atoms with Crippen molar-refractivity contribution in [3.63, 3.8) is 0 Å². The Labute approximate surface area is 122 Å². The van der Waals surface area contributed by atoms with Crippen LogP contribution in [0, 0.1) is 0 Å². The van der Waals surface area contributed by atoms with E-state index in [1.807, 2.05) is 42.5 Å². The molecule has 0 bridgehead atoms. The van der Waals surface area contributed by atoms with Gasteiger partial charge in [0.15, 0.2) is 0 Å². The zero-order valence-corrected chi connectivity index (χ0v) is 11.3. The number of phenolic OH excluding ortho intramolecular Hbond substituents is 2. The van der Waals surface area contributed by atoms with Crippen LogP contribution < -0.4 is 0 Å². The minimum Gasteiger partial charge on any atom is -0.508 e. The van der Waals surface area contributed by atoms with Gasteiger partial charge in [0.05, 0.1) is 0 Å². The van der Waals surface area contributed by atoms with Crippen LogP contribution in [0.15, 0.2) is 77.4 Å². The Morgan fingerprint density at radius 1 is 0.667 bits per heavy atom. The quantitative estimate of drug-likeness (QED) is 0.708. The van der Waals surface area contributed by atoms with Gasteiger partial charge in [0.1, 0.15) is 17.4 Å². The molecule has 0 fully saturated rings. The average molecular weight is 279 g/mol. The van der Waals surface area contributed by atoms with Gasteiger partial charge in [0.2, 0.25) is 0 Å². The Balaban J connectivity index is 2.11. The third kappa shape index (κ3) is 2.87. The maximum atomic E-state index is 9.46. The molecular weight excluding hydrogens is 264 g/mol. The summed E-state index contributed by atoms with van der Waals surface area (Å²) in [6, 6.07) is 19.8. The third-order valence-corrected chi connectivity index (χ3v) is 3.39. The molecule has 0 radical (unpaired) electrons. The van der Waals surface area contributed by atoms with E-state index >= 15 is 0 Å². The van der Waals surface area contributed by atoms with Gasteiger partial charge in [-0.25, -0.2) is 4.42 Å². The lowest BCUT2D eigenvalue weighted by atomic mass is 9.89. The molecule has 2 N–H and O–H groups in total. The van der Waals surface area contributed by atoms with Crippen molar-refractivity contribution in [2.24, 2.45) is 0 Å². The Morgan fingerprint density at radius 3 is 1.62 bits per heavy atom. The van der Waals surface area contributed by atoms with Crippen molar-refractivity contribution < 1.29 is 14.6 Å². The Kier molecular flexibility index (Phi) is 3.56. The number of aromatic hydroxyl groups is 2. The van der Waals surface area contributed by atoms with Gasteiger partial charge < -0.3 is 10.2 Å². The van der Waals surface area contributed by atoms with E-state index in [4.69, 9.17) is 4.42 Å². The summed E-state index contributed by atoms with van der Waals surface area (Å²) in [6.45, 7) is 0. The Bertz CT molecular complexity index is 658. The first-order valence-corrected chi connectivity index (χ1v) is 6.68. The number of benzene rings is 2. The van der Waals surface area contributed by atoms with Crippen LogP contribution in [0.4, 0.5) is 0 Å². The van der Waals surface area contributed by atoms with E-state index in [0.717, 1.165) is 16.9 Å². The van der Waals surface area contributed by atoms with Crippen molar-refractivity contribution >= 4 is 0 Å². The standard InChI is InChI=1S/C18H14O3/c19-15-8-4-13(5-9-15)18(17-3-1-2-12-21-17)14-6-10-16(20)11-7-14/h1-12,18H,(H-,19,20)/p+1. The molecular formula is C18H15O3+. The molecule has 3 rings (SSSR count). The lowest BCUT2D eigenvalue weighted by Gasteiger charge is -2.12. The van der Waals surface area contributed by atoms with Crippen molar-refractivity contribution in [1.82, 2.24) is 0 Å². The van der Waals surface area contributed by atoms with Crippen molar-refractivity contribution in [1.29, 1.82) is 0 Å². The SMILES string of the molecule is Oc1ccc(C(c2ccc(O)cc2)c2cccc[o+]2)cc1. The first-order valence-electron chi connectivity index (χ1n) is 6.68. The molecule has 0 saturated heterocycles. The topological polar surface area (TPSA) is 51.8 Å². The summed E-state index contributed by atoms with van der Waals surface area (Å²) in [4.78, 5) is 0. The van der Waals surface area contributed by atoms with E-state index < -0.39 is 0 Å². The van der Waals surface area contributed by atoms with Gasteiger partial charge in [-0.3, -0.25) is 0 Å². The van der Waals surface area contributed by atoms with Gasteiger partial charge in [-0.15, -0.1) is 0 Å². The highest BCUT2D eigenvalue weighted by atomic mass is 16.3. The highest BCUT2D eigenvalue weighted by Gasteiger charge is 2.26. The summed E-state index contributed by atoms with van der Waals surface area (Å²) in [7, 11) is 0. The molecule has 0 saturated carbocycles. The molecule has 21 heavy (non-hydrogen) atoms. The fourth-order valence-electron chi connectivity index (χ4n) is 2.37. The van der Waals surface area contributed by atoms with Crippen molar-refractivity contribution in [2.45, 2.75) is 5.92 Å². The van der Waals surface area contributed by atoms with Gasteiger partial charge in [0, 0.05) is 12.1 Å². The molecule has 1 aromatic heterocycles. The van der Waals surface area contributed by atoms with Crippen LogP contribution in [0.5, 0.6) is 11.5 Å². The minimum atomic E-state index is -0.0904. The van der Waals surface area contributed by atoms with Gasteiger partial charge >= 0.3 is 12.0 Å². The summed E-state index contributed by atoms with van der Waals surface area (Å²) in [5, 5.41) is 18.9. The molecule has 0 amide bonds. The number of hydrogen-bond donors (Lipinski definition) is 2. The van der Waals surface area contributed by atoms with Gasteiger partial charge in [0.25, 0.3) is 0 Å². The van der Waals surface area contributed by atoms with E-state index in [0.29, 0.717) is 0 Å².